The van der Waals surface area contributed by atoms with E-state index in [2.05, 4.69) is 11.8 Å². The van der Waals surface area contributed by atoms with Crippen LogP contribution >= 0.6 is 0 Å². The maximum Gasteiger partial charge on any atom is 0.203 e. The molecule has 1 rings (SSSR count). The smallest absolute Gasteiger partial charge is 0.203 e. The average Bonchev–Trinajstić information content (AvgIpc) is 2.57. The van der Waals surface area contributed by atoms with Gasteiger partial charge in [0, 0.05) is 12.2 Å². The van der Waals surface area contributed by atoms with Crippen LogP contribution in [-0.4, -0.2) is 45.9 Å². The highest BCUT2D eigenvalue weighted by atomic mass is 16.7. The molecule has 2 unspecified atom stereocenters. The summed E-state index contributed by atoms with van der Waals surface area (Å²) in [6.45, 7) is 4.41. The molecule has 0 saturated carbocycles. The third kappa shape index (κ3) is 5.32. The van der Waals surface area contributed by atoms with Crippen LogP contribution in [0.2, 0.25) is 0 Å². The molecule has 0 bridgehead atoms. The van der Waals surface area contributed by atoms with Gasteiger partial charge in [0.1, 0.15) is 12.7 Å². The molecular weight excluding hydrogens is 300 g/mol. The maximum atomic E-state index is 10.2. The second kappa shape index (κ2) is 9.95. The summed E-state index contributed by atoms with van der Waals surface area (Å²) in [5, 5.41) is 10.2. The van der Waals surface area contributed by atoms with Gasteiger partial charge in [-0.3, -0.25) is 0 Å². The van der Waals surface area contributed by atoms with Crippen molar-refractivity contribution >= 4 is 0 Å². The monoisotopic (exact) mass is 324 g/mol. The summed E-state index contributed by atoms with van der Waals surface area (Å²) in [6.07, 6.45) is -1.36. The molecule has 0 heterocycles. The molecule has 1 aromatic rings. The third-order valence-electron chi connectivity index (χ3n) is 3.06. The van der Waals surface area contributed by atoms with Crippen molar-refractivity contribution in [2.45, 2.75) is 26.2 Å². The fourth-order valence-electron chi connectivity index (χ4n) is 2.00. The number of methoxy groups -OCH3 is 3. The van der Waals surface area contributed by atoms with Crippen molar-refractivity contribution in [3.63, 3.8) is 0 Å². The van der Waals surface area contributed by atoms with Crippen molar-refractivity contribution in [1.29, 1.82) is 0 Å². The van der Waals surface area contributed by atoms with Crippen molar-refractivity contribution < 1.29 is 28.8 Å². The van der Waals surface area contributed by atoms with Gasteiger partial charge in [0.15, 0.2) is 17.8 Å². The van der Waals surface area contributed by atoms with E-state index in [1.165, 1.54) is 21.3 Å². The van der Waals surface area contributed by atoms with E-state index in [1.807, 2.05) is 6.92 Å². The third-order valence-corrected chi connectivity index (χ3v) is 3.06. The first-order valence-electron chi connectivity index (χ1n) is 7.27. The largest absolute Gasteiger partial charge is 0.493 e. The van der Waals surface area contributed by atoms with Crippen molar-refractivity contribution in [1.82, 2.24) is 0 Å². The van der Waals surface area contributed by atoms with Crippen LogP contribution in [0.1, 0.15) is 25.5 Å². The highest BCUT2D eigenvalue weighted by Crippen LogP contribution is 2.41. The molecule has 1 N–H and O–H groups in total. The van der Waals surface area contributed by atoms with Gasteiger partial charge in [-0.1, -0.05) is 11.8 Å². The molecule has 2 atom stereocenters. The minimum Gasteiger partial charge on any atom is -0.493 e. The minimum atomic E-state index is -1.03. The summed E-state index contributed by atoms with van der Waals surface area (Å²) in [6, 6.07) is 3.37. The Morgan fingerprint density at radius 2 is 1.74 bits per heavy atom. The number of aliphatic hydroxyl groups excluding tert-OH is 1. The number of hydrogen-bond acceptors (Lipinski definition) is 6. The van der Waals surface area contributed by atoms with Gasteiger partial charge >= 0.3 is 0 Å². The van der Waals surface area contributed by atoms with Crippen LogP contribution in [0, 0.1) is 11.8 Å². The Morgan fingerprint density at radius 1 is 1.04 bits per heavy atom. The lowest BCUT2D eigenvalue weighted by Gasteiger charge is -2.16. The molecule has 0 fully saturated rings. The van der Waals surface area contributed by atoms with Crippen LogP contribution in [0.25, 0.3) is 0 Å². The van der Waals surface area contributed by atoms with Crippen molar-refractivity contribution in [3.8, 4) is 29.1 Å². The van der Waals surface area contributed by atoms with Crippen LogP contribution in [0.5, 0.6) is 17.2 Å². The summed E-state index contributed by atoms with van der Waals surface area (Å²) < 4.78 is 26.4. The predicted octanol–water partition coefficient (Wildman–Crippen LogP) is 2.15. The molecule has 6 nitrogen and oxygen atoms in total. The van der Waals surface area contributed by atoms with Crippen LogP contribution in [-0.2, 0) is 9.47 Å². The van der Waals surface area contributed by atoms with Crippen LogP contribution in [0.15, 0.2) is 12.1 Å². The Kier molecular flexibility index (Phi) is 8.27. The first-order valence-corrected chi connectivity index (χ1v) is 7.27. The molecule has 1 aromatic carbocycles. The van der Waals surface area contributed by atoms with E-state index in [0.717, 1.165) is 0 Å². The Labute approximate surface area is 137 Å². The number of hydrogen-bond donors (Lipinski definition) is 1. The van der Waals surface area contributed by atoms with Gasteiger partial charge in [-0.05, 0) is 26.0 Å². The minimum absolute atomic E-state index is 0.161. The highest BCUT2D eigenvalue weighted by molar-refractivity contribution is 5.57. The predicted molar refractivity (Wildman–Crippen MR) is 85.9 cm³/mol. The zero-order chi connectivity index (χ0) is 17.2. The van der Waals surface area contributed by atoms with Gasteiger partial charge < -0.3 is 28.8 Å². The van der Waals surface area contributed by atoms with Gasteiger partial charge in [-0.25, -0.2) is 0 Å². The van der Waals surface area contributed by atoms with E-state index in [0.29, 0.717) is 29.4 Å². The lowest BCUT2D eigenvalue weighted by atomic mass is 10.1. The summed E-state index contributed by atoms with van der Waals surface area (Å²) in [7, 11) is 4.53. The van der Waals surface area contributed by atoms with E-state index in [9.17, 15) is 5.11 Å². The summed E-state index contributed by atoms with van der Waals surface area (Å²) in [4.78, 5) is 0. The SMILES string of the molecule is CCOC(C)OCC#CC(O)c1ccc(OC)c(OC)c1OC. The topological polar surface area (TPSA) is 66.4 Å². The van der Waals surface area contributed by atoms with Crippen molar-refractivity contribution in [3.05, 3.63) is 17.7 Å². The zero-order valence-corrected chi connectivity index (χ0v) is 14.2. The molecule has 0 radical (unpaired) electrons. The molecule has 128 valence electrons. The molecule has 0 aliphatic heterocycles. The van der Waals surface area contributed by atoms with Crippen molar-refractivity contribution in [2.24, 2.45) is 0 Å². The highest BCUT2D eigenvalue weighted by Gasteiger charge is 2.19. The molecule has 0 amide bonds. The second-order valence-electron chi connectivity index (χ2n) is 4.48. The summed E-state index contributed by atoms with van der Waals surface area (Å²) >= 11 is 0. The molecular formula is C17H24O6. The van der Waals surface area contributed by atoms with E-state index in [-0.39, 0.29) is 12.9 Å². The standard InChI is InChI=1S/C17H24O6/c1-6-22-12(2)23-11-7-8-14(18)13-9-10-15(19-3)17(21-5)16(13)20-4/h9-10,12,14,18H,6,11H2,1-5H3. The van der Waals surface area contributed by atoms with Gasteiger partial charge in [0.25, 0.3) is 0 Å². The number of aliphatic hydroxyl groups is 1. The van der Waals surface area contributed by atoms with Crippen LogP contribution < -0.4 is 14.2 Å². The zero-order valence-electron chi connectivity index (χ0n) is 14.2. The van der Waals surface area contributed by atoms with Crippen LogP contribution in [0.3, 0.4) is 0 Å². The molecule has 23 heavy (non-hydrogen) atoms. The molecule has 0 saturated heterocycles. The molecule has 0 aliphatic rings. The molecule has 0 aromatic heterocycles. The van der Waals surface area contributed by atoms with Gasteiger partial charge in [-0.2, -0.15) is 0 Å². The second-order valence-corrected chi connectivity index (χ2v) is 4.48. The fourth-order valence-corrected chi connectivity index (χ4v) is 2.00. The number of benzene rings is 1. The Hall–Kier alpha value is -1.94. The first kappa shape index (κ1) is 19.1. The van der Waals surface area contributed by atoms with Crippen LogP contribution in [0.4, 0.5) is 0 Å². The maximum absolute atomic E-state index is 10.2. The fraction of sp³-hybridized carbons (Fsp3) is 0.529. The lowest BCUT2D eigenvalue weighted by molar-refractivity contribution is -0.117. The molecule has 6 heteroatoms. The van der Waals surface area contributed by atoms with Gasteiger partial charge in [-0.15, -0.1) is 0 Å². The van der Waals surface area contributed by atoms with Gasteiger partial charge in [0.2, 0.25) is 5.75 Å². The number of ether oxygens (including phenoxy) is 5. The van der Waals surface area contributed by atoms with Gasteiger partial charge in [0.05, 0.1) is 21.3 Å². The van der Waals surface area contributed by atoms with Crippen molar-refractivity contribution in [2.75, 3.05) is 34.5 Å². The average molecular weight is 324 g/mol. The molecule has 0 aliphatic carbocycles. The molecule has 0 spiro atoms. The number of rotatable bonds is 8. The van der Waals surface area contributed by atoms with E-state index in [1.54, 1.807) is 19.1 Å². The van der Waals surface area contributed by atoms with E-state index in [4.69, 9.17) is 23.7 Å². The normalized spacial score (nSPS) is 12.8. The lowest BCUT2D eigenvalue weighted by Crippen LogP contribution is -2.12. The van der Waals surface area contributed by atoms with E-state index >= 15 is 0 Å². The Balaban J connectivity index is 2.86. The summed E-state index contributed by atoms with van der Waals surface area (Å²) in [5.74, 6) is 6.78. The first-order chi connectivity index (χ1) is 11.1. The quantitative estimate of drug-likeness (QED) is 0.584. The Bertz CT molecular complexity index is 546. The summed E-state index contributed by atoms with van der Waals surface area (Å²) in [5.41, 5.74) is 0.496. The van der Waals surface area contributed by atoms with E-state index < -0.39 is 6.10 Å². The Morgan fingerprint density at radius 3 is 2.30 bits per heavy atom.